The molecule has 0 aliphatic heterocycles. The van der Waals surface area contributed by atoms with Crippen molar-refractivity contribution < 1.29 is 19.1 Å². The highest BCUT2D eigenvalue weighted by molar-refractivity contribution is 7.98. The first-order valence-electron chi connectivity index (χ1n) is 6.41. The van der Waals surface area contributed by atoms with Gasteiger partial charge >= 0.3 is 5.97 Å². The van der Waals surface area contributed by atoms with E-state index in [0.717, 1.165) is 0 Å². The fraction of sp³-hybridized carbons (Fsp3) is 0.429. The van der Waals surface area contributed by atoms with E-state index in [1.165, 1.54) is 17.8 Å². The summed E-state index contributed by atoms with van der Waals surface area (Å²) in [7, 11) is 0. The molecule has 4 nitrogen and oxygen atoms in total. The van der Waals surface area contributed by atoms with Crippen molar-refractivity contribution in [2.75, 3.05) is 12.3 Å². The summed E-state index contributed by atoms with van der Waals surface area (Å²) in [4.78, 5) is 22.2. The Labute approximate surface area is 120 Å². The Hall–Kier alpha value is -1.56. The van der Waals surface area contributed by atoms with E-state index in [9.17, 15) is 14.0 Å². The van der Waals surface area contributed by atoms with Gasteiger partial charge in [-0.3, -0.25) is 9.59 Å². The Morgan fingerprint density at radius 1 is 1.35 bits per heavy atom. The number of carbonyl (C=O) groups excluding carboxylic acids is 1. The van der Waals surface area contributed by atoms with E-state index >= 15 is 0 Å². The molecule has 0 heterocycles. The second-order valence-electron chi connectivity index (χ2n) is 4.72. The van der Waals surface area contributed by atoms with Gasteiger partial charge in [-0.2, -0.15) is 11.8 Å². The average Bonchev–Trinajstić information content (AvgIpc) is 3.20. The number of rotatable bonds is 7. The molecule has 108 valence electrons. The van der Waals surface area contributed by atoms with Crippen molar-refractivity contribution in [3.63, 3.8) is 0 Å². The van der Waals surface area contributed by atoms with Crippen molar-refractivity contribution in [2.24, 2.45) is 11.8 Å². The first-order chi connectivity index (χ1) is 9.59. The SMILES string of the molecule is O=C(O)C1CC1C(=O)NCCSCc1ccccc1F. The van der Waals surface area contributed by atoms with E-state index in [4.69, 9.17) is 5.11 Å². The molecular weight excluding hydrogens is 281 g/mol. The number of benzene rings is 1. The van der Waals surface area contributed by atoms with Crippen molar-refractivity contribution in [2.45, 2.75) is 12.2 Å². The maximum Gasteiger partial charge on any atom is 0.307 e. The molecule has 1 amide bonds. The summed E-state index contributed by atoms with van der Waals surface area (Å²) in [6.45, 7) is 0.473. The number of carboxylic acids is 1. The molecule has 2 rings (SSSR count). The van der Waals surface area contributed by atoms with Crippen molar-refractivity contribution in [3.8, 4) is 0 Å². The third kappa shape index (κ3) is 3.96. The van der Waals surface area contributed by atoms with Crippen LogP contribution in [0, 0.1) is 17.7 Å². The summed E-state index contributed by atoms with van der Waals surface area (Å²) in [5.41, 5.74) is 0.650. The van der Waals surface area contributed by atoms with Gasteiger partial charge in [0.1, 0.15) is 5.82 Å². The average molecular weight is 297 g/mol. The fourth-order valence-corrected chi connectivity index (χ4v) is 2.78. The Bertz CT molecular complexity index is 509. The fourth-order valence-electron chi connectivity index (χ4n) is 1.93. The van der Waals surface area contributed by atoms with Gasteiger partial charge in [0.15, 0.2) is 0 Å². The number of nitrogens with one attached hydrogen (secondary N) is 1. The third-order valence-corrected chi connectivity index (χ3v) is 4.21. The Morgan fingerprint density at radius 2 is 2.10 bits per heavy atom. The lowest BCUT2D eigenvalue weighted by atomic mass is 10.2. The number of carboxylic acid groups (broad SMARTS) is 1. The highest BCUT2D eigenvalue weighted by Crippen LogP contribution is 2.38. The molecule has 0 spiro atoms. The molecule has 1 saturated carbocycles. The molecular formula is C14H16FNO3S. The predicted molar refractivity (Wildman–Crippen MR) is 74.8 cm³/mol. The van der Waals surface area contributed by atoms with Gasteiger partial charge in [0.05, 0.1) is 11.8 Å². The minimum atomic E-state index is -0.904. The van der Waals surface area contributed by atoms with E-state index in [-0.39, 0.29) is 17.6 Å². The van der Waals surface area contributed by atoms with Crippen LogP contribution < -0.4 is 5.32 Å². The molecule has 1 aliphatic rings. The van der Waals surface area contributed by atoms with Gasteiger partial charge in [-0.15, -0.1) is 0 Å². The highest BCUT2D eigenvalue weighted by Gasteiger charge is 2.48. The maximum atomic E-state index is 13.3. The van der Waals surface area contributed by atoms with Crippen LogP contribution in [0.1, 0.15) is 12.0 Å². The van der Waals surface area contributed by atoms with E-state index < -0.39 is 11.9 Å². The summed E-state index contributed by atoms with van der Waals surface area (Å²) < 4.78 is 13.3. The topological polar surface area (TPSA) is 66.4 Å². The van der Waals surface area contributed by atoms with Crippen LogP contribution in [0.4, 0.5) is 4.39 Å². The second-order valence-corrected chi connectivity index (χ2v) is 5.83. The number of aliphatic carboxylic acids is 1. The second kappa shape index (κ2) is 6.74. The molecule has 0 radical (unpaired) electrons. The van der Waals surface area contributed by atoms with E-state index in [1.54, 1.807) is 18.2 Å². The number of hydrogen-bond donors (Lipinski definition) is 2. The smallest absolute Gasteiger partial charge is 0.307 e. The van der Waals surface area contributed by atoms with Crippen molar-refractivity contribution in [1.29, 1.82) is 0 Å². The van der Waals surface area contributed by atoms with E-state index in [2.05, 4.69) is 5.32 Å². The van der Waals surface area contributed by atoms with Gasteiger partial charge in [-0.05, 0) is 18.1 Å². The zero-order chi connectivity index (χ0) is 14.5. The number of halogens is 1. The van der Waals surface area contributed by atoms with Crippen LogP contribution in [-0.4, -0.2) is 29.3 Å². The quantitative estimate of drug-likeness (QED) is 0.754. The zero-order valence-electron chi connectivity index (χ0n) is 10.8. The summed E-state index contributed by atoms with van der Waals surface area (Å²) in [5.74, 6) is -0.965. The summed E-state index contributed by atoms with van der Waals surface area (Å²) in [5, 5.41) is 11.4. The molecule has 1 fully saturated rings. The molecule has 20 heavy (non-hydrogen) atoms. The normalized spacial score (nSPS) is 20.4. The monoisotopic (exact) mass is 297 g/mol. The maximum absolute atomic E-state index is 13.3. The number of hydrogen-bond acceptors (Lipinski definition) is 3. The predicted octanol–water partition coefficient (Wildman–Crippen LogP) is 1.90. The molecule has 1 aliphatic carbocycles. The summed E-state index contributed by atoms with van der Waals surface area (Å²) in [6.07, 6.45) is 0.434. The largest absolute Gasteiger partial charge is 0.481 e. The Balaban J connectivity index is 1.60. The molecule has 2 N–H and O–H groups in total. The van der Waals surface area contributed by atoms with Gasteiger partial charge < -0.3 is 10.4 Å². The van der Waals surface area contributed by atoms with Crippen LogP contribution >= 0.6 is 11.8 Å². The Morgan fingerprint density at radius 3 is 2.75 bits per heavy atom. The molecule has 2 atom stereocenters. The molecule has 0 saturated heterocycles. The van der Waals surface area contributed by atoms with Gasteiger partial charge in [-0.1, -0.05) is 18.2 Å². The summed E-state index contributed by atoms with van der Waals surface area (Å²) in [6, 6.07) is 6.61. The molecule has 1 aromatic carbocycles. The highest BCUT2D eigenvalue weighted by atomic mass is 32.2. The van der Waals surface area contributed by atoms with Crippen molar-refractivity contribution in [3.05, 3.63) is 35.6 Å². The van der Waals surface area contributed by atoms with Gasteiger partial charge in [0.25, 0.3) is 0 Å². The number of carbonyl (C=O) groups is 2. The summed E-state index contributed by atoms with van der Waals surface area (Å²) >= 11 is 1.53. The first-order valence-corrected chi connectivity index (χ1v) is 7.56. The third-order valence-electron chi connectivity index (χ3n) is 3.21. The van der Waals surface area contributed by atoms with Gasteiger partial charge in [0, 0.05) is 18.1 Å². The first kappa shape index (κ1) is 14.8. The van der Waals surface area contributed by atoms with Crippen LogP contribution in [0.25, 0.3) is 0 Å². The Kier molecular flexibility index (Phi) is 5.00. The molecule has 2 unspecified atom stereocenters. The van der Waals surface area contributed by atoms with E-state index in [0.29, 0.717) is 30.0 Å². The van der Waals surface area contributed by atoms with E-state index in [1.807, 2.05) is 0 Å². The molecule has 1 aromatic rings. The lowest BCUT2D eigenvalue weighted by Gasteiger charge is -2.05. The lowest BCUT2D eigenvalue weighted by Crippen LogP contribution is -2.28. The minimum absolute atomic E-state index is 0.191. The molecule has 0 bridgehead atoms. The molecule has 0 aromatic heterocycles. The van der Waals surface area contributed by atoms with Crippen molar-refractivity contribution >= 4 is 23.6 Å². The number of thioether (sulfide) groups is 1. The van der Waals surface area contributed by atoms with Gasteiger partial charge in [-0.25, -0.2) is 4.39 Å². The standard InChI is InChI=1S/C14H16FNO3S/c15-12-4-2-1-3-9(12)8-20-6-5-16-13(17)10-7-11(10)14(18)19/h1-4,10-11H,5-8H2,(H,16,17)(H,18,19). The van der Waals surface area contributed by atoms with Crippen LogP contribution in [0.2, 0.25) is 0 Å². The number of amides is 1. The van der Waals surface area contributed by atoms with Crippen LogP contribution in [0.5, 0.6) is 0 Å². The molecule has 6 heteroatoms. The minimum Gasteiger partial charge on any atom is -0.481 e. The zero-order valence-corrected chi connectivity index (χ0v) is 11.7. The van der Waals surface area contributed by atoms with Crippen LogP contribution in [0.3, 0.4) is 0 Å². The van der Waals surface area contributed by atoms with Gasteiger partial charge in [0.2, 0.25) is 5.91 Å². The van der Waals surface area contributed by atoms with Crippen LogP contribution in [0.15, 0.2) is 24.3 Å². The van der Waals surface area contributed by atoms with Crippen molar-refractivity contribution in [1.82, 2.24) is 5.32 Å². The lowest BCUT2D eigenvalue weighted by molar-refractivity contribution is -0.140. The van der Waals surface area contributed by atoms with Crippen LogP contribution in [-0.2, 0) is 15.3 Å².